The van der Waals surface area contributed by atoms with Crippen LogP contribution in [0.5, 0.6) is 0 Å². The maximum Gasteiger partial charge on any atom is 0.384 e. The molecular formula is C60H79Br2N19O4. The Morgan fingerprint density at radius 1 is 0.553 bits per heavy atom. The number of imidazole rings is 5. The molecule has 0 aliphatic heterocycles. The zero-order valence-electron chi connectivity index (χ0n) is 52.4. The first-order chi connectivity index (χ1) is 40.1. The second-order valence-corrected chi connectivity index (χ2v) is 21.0. The van der Waals surface area contributed by atoms with E-state index in [-0.39, 0.29) is 12.4 Å². The summed E-state index contributed by atoms with van der Waals surface area (Å²) in [4.78, 5) is 29.7. The number of aromatic nitrogens is 16. The molecule has 0 spiro atoms. The fraction of sp³-hybridized carbons (Fsp3) is 0.367. The summed E-state index contributed by atoms with van der Waals surface area (Å²) in [7, 11) is 16.9. The number of rotatable bonds is 6. The fourth-order valence-corrected chi connectivity index (χ4v) is 8.62. The molecule has 0 amide bonds. The van der Waals surface area contributed by atoms with Crippen LogP contribution in [0.1, 0.15) is 85.3 Å². The van der Waals surface area contributed by atoms with E-state index < -0.39 is 4.92 Å². The van der Waals surface area contributed by atoms with E-state index in [1.807, 2.05) is 190 Å². The van der Waals surface area contributed by atoms with E-state index in [2.05, 4.69) is 108 Å². The number of aliphatic hydroxyl groups excluding tert-OH is 1. The number of halogens is 2. The molecule has 0 aliphatic carbocycles. The largest absolute Gasteiger partial charge is 0.392 e. The first kappa shape index (κ1) is 70.6. The lowest BCUT2D eigenvalue weighted by atomic mass is 10.1. The summed E-state index contributed by atoms with van der Waals surface area (Å²) in [6, 6.07) is 24.6. The Bertz CT molecular complexity index is 3720. The molecule has 0 unspecified atom stereocenters. The summed E-state index contributed by atoms with van der Waals surface area (Å²) >= 11 is 6.66. The minimum Gasteiger partial charge on any atom is -0.392 e. The summed E-state index contributed by atoms with van der Waals surface area (Å²) in [5.41, 5.74) is 17.9. The average molecular weight is 1290 g/mol. The molecule has 0 saturated heterocycles. The van der Waals surface area contributed by atoms with Crippen LogP contribution in [0.3, 0.4) is 0 Å². The maximum absolute atomic E-state index is 10.2. The number of nitriles is 2. The van der Waals surface area contributed by atoms with Crippen LogP contribution in [0.15, 0.2) is 95.0 Å². The zero-order valence-corrected chi connectivity index (χ0v) is 55.6. The van der Waals surface area contributed by atoms with Crippen molar-refractivity contribution in [1.29, 1.82) is 10.5 Å². The smallest absolute Gasteiger partial charge is 0.384 e. The van der Waals surface area contributed by atoms with Gasteiger partial charge in [0.05, 0.1) is 82.2 Å². The van der Waals surface area contributed by atoms with Gasteiger partial charge in [0.1, 0.15) is 28.3 Å². The van der Waals surface area contributed by atoms with Crippen LogP contribution < -0.4 is 0 Å². The molecule has 0 radical (unpaired) electrons. The van der Waals surface area contributed by atoms with Crippen molar-refractivity contribution in [2.45, 2.75) is 89.4 Å². The molecule has 0 saturated carbocycles. The zero-order chi connectivity index (χ0) is 64.0. The van der Waals surface area contributed by atoms with Crippen molar-refractivity contribution in [1.82, 2.24) is 77.1 Å². The van der Waals surface area contributed by atoms with Crippen molar-refractivity contribution in [3.8, 4) is 34.7 Å². The molecule has 8 aromatic heterocycles. The molecule has 0 atom stereocenters. The van der Waals surface area contributed by atoms with Gasteiger partial charge in [0.2, 0.25) is 6.33 Å². The van der Waals surface area contributed by atoms with E-state index in [0.717, 1.165) is 66.0 Å². The predicted molar refractivity (Wildman–Crippen MR) is 337 cm³/mol. The monoisotopic (exact) mass is 1290 g/mol. The molecule has 10 aromatic rings. The number of hydrogen-bond donors (Lipinski definition) is 1. The number of nitrogens with zero attached hydrogens (tertiary/aromatic N) is 19. The van der Waals surface area contributed by atoms with Crippen molar-refractivity contribution in [2.24, 2.45) is 56.4 Å². The van der Waals surface area contributed by atoms with Gasteiger partial charge in [-0.25, -0.2) is 19.9 Å². The van der Waals surface area contributed by atoms with Crippen molar-refractivity contribution in [3.05, 3.63) is 190 Å². The van der Waals surface area contributed by atoms with Crippen molar-refractivity contribution < 1.29 is 14.8 Å². The minimum absolute atomic E-state index is 0.0671. The number of aryl methyl sites for hydroxylation is 11. The van der Waals surface area contributed by atoms with Crippen molar-refractivity contribution in [2.75, 3.05) is 7.11 Å². The highest BCUT2D eigenvalue weighted by molar-refractivity contribution is 9.13. The Hall–Kier alpha value is -8.62. The molecule has 10 rings (SSSR count). The number of nitro groups is 1. The molecule has 0 bridgehead atoms. The van der Waals surface area contributed by atoms with Gasteiger partial charge in [0, 0.05) is 103 Å². The summed E-state index contributed by atoms with van der Waals surface area (Å²) < 4.78 is 21.8. The Kier molecular flexibility index (Phi) is 27.9. The van der Waals surface area contributed by atoms with Gasteiger partial charge in [-0.05, 0) is 118 Å². The summed E-state index contributed by atoms with van der Waals surface area (Å²) in [5, 5.41) is 48.3. The van der Waals surface area contributed by atoms with E-state index in [1.54, 1.807) is 43.0 Å². The summed E-state index contributed by atoms with van der Waals surface area (Å²) in [6.45, 7) is 22.2. The lowest BCUT2D eigenvalue weighted by molar-refractivity contribution is -0.389. The van der Waals surface area contributed by atoms with E-state index in [0.29, 0.717) is 23.7 Å². The van der Waals surface area contributed by atoms with E-state index in [9.17, 15) is 10.1 Å². The quantitative estimate of drug-likeness (QED) is 0.120. The van der Waals surface area contributed by atoms with Gasteiger partial charge in [-0.1, -0.05) is 60.7 Å². The van der Waals surface area contributed by atoms with E-state index in [1.165, 1.54) is 40.1 Å². The maximum atomic E-state index is 10.2. The van der Waals surface area contributed by atoms with Gasteiger partial charge in [0.25, 0.3) is 0 Å². The number of hydrogen-bond acceptors (Lipinski definition) is 14. The van der Waals surface area contributed by atoms with Crippen LogP contribution in [0, 0.1) is 109 Å². The predicted octanol–water partition coefficient (Wildman–Crippen LogP) is 10.9. The number of aliphatic hydroxyl groups is 1. The van der Waals surface area contributed by atoms with Crippen LogP contribution in [-0.4, -0.2) is 94.2 Å². The van der Waals surface area contributed by atoms with Crippen LogP contribution in [0.2, 0.25) is 0 Å². The number of ether oxygens (including phenoxy) is 1. The molecule has 25 heteroatoms. The Balaban J connectivity index is 0.000000256. The molecule has 1 N–H and O–H groups in total. The highest BCUT2D eigenvalue weighted by Gasteiger charge is 2.15. The molecule has 0 fully saturated rings. The van der Waals surface area contributed by atoms with Crippen molar-refractivity contribution in [3.63, 3.8) is 0 Å². The molecule has 2 aromatic carbocycles. The summed E-state index contributed by atoms with van der Waals surface area (Å²) in [5.74, 6) is 0.990. The lowest BCUT2D eigenvalue weighted by Crippen LogP contribution is -1.94. The van der Waals surface area contributed by atoms with E-state index in [4.69, 9.17) is 20.4 Å². The molecule has 8 heterocycles. The number of methoxy groups -OCH3 is 1. The molecular weight excluding hydrogens is 1210 g/mol. The Morgan fingerprint density at radius 3 is 1.25 bits per heavy atom. The van der Waals surface area contributed by atoms with Gasteiger partial charge in [-0.3, -0.25) is 14.0 Å². The third-order valence-corrected chi connectivity index (χ3v) is 15.9. The Morgan fingerprint density at radius 2 is 0.988 bits per heavy atom. The lowest BCUT2D eigenvalue weighted by Gasteiger charge is -2.02. The first-order valence-electron chi connectivity index (χ1n) is 26.5. The molecule has 85 heavy (non-hydrogen) atoms. The topological polar surface area (TPSA) is 263 Å². The molecule has 23 nitrogen and oxygen atoms in total. The highest BCUT2D eigenvalue weighted by Crippen LogP contribution is 2.25. The normalized spacial score (nSPS) is 10.0. The molecule has 0 aliphatic rings. The second kappa shape index (κ2) is 33.6. The highest BCUT2D eigenvalue weighted by atomic mass is 79.9. The van der Waals surface area contributed by atoms with Crippen LogP contribution >= 0.6 is 31.9 Å². The van der Waals surface area contributed by atoms with Gasteiger partial charge < -0.3 is 42.8 Å². The summed E-state index contributed by atoms with van der Waals surface area (Å²) in [6.07, 6.45) is 6.53. The van der Waals surface area contributed by atoms with Gasteiger partial charge in [0.15, 0.2) is 11.4 Å². The minimum atomic E-state index is -0.491. The third-order valence-electron chi connectivity index (χ3n) is 13.9. The fourth-order valence-electron chi connectivity index (χ4n) is 7.76. The average Bonchev–Trinajstić information content (AvgIpc) is 4.52. The second-order valence-electron chi connectivity index (χ2n) is 19.4. The third kappa shape index (κ3) is 19.5. The first-order valence-corrected chi connectivity index (χ1v) is 28.1. The van der Waals surface area contributed by atoms with Crippen LogP contribution in [0.25, 0.3) is 22.5 Å². The standard InChI is InChI=1S/C12H14N2.C11H12N2.C8H14N2O.C7H12N2O.2C6H7N3.C5H6Br2N2.C5H7N3O2/c1-9-12(13-10(2)14(9)3)11-7-5-4-6-8-11;1-9-11(13(2)8-12-9)10-6-4-3-5-7-10;1-6-8(5-11-4)7(2)10(3)9-6;1-5-7(4-10)6(2)9(3)8-5;2*1-5-6(3-7)8-4-9(5)2;1-3-4(6)5(7)8-9(3)2;1-4-5(8(9)10)6-3-7(4)2/h4-8H,1-3H3;3-8H,1-2H3;5H2,1-4H3;10H,4H2,1-3H3;2*4H,1-2H3;1-2H3;3H,1-2H3. The van der Waals surface area contributed by atoms with Gasteiger partial charge >= 0.3 is 5.82 Å². The Labute approximate surface area is 515 Å². The van der Waals surface area contributed by atoms with E-state index >= 15 is 0 Å². The van der Waals surface area contributed by atoms with Gasteiger partial charge in [-0.2, -0.15) is 25.8 Å². The number of benzene rings is 2. The van der Waals surface area contributed by atoms with Crippen molar-refractivity contribution >= 4 is 37.7 Å². The van der Waals surface area contributed by atoms with Gasteiger partial charge in [-0.15, -0.1) is 0 Å². The van der Waals surface area contributed by atoms with Crippen LogP contribution in [0.4, 0.5) is 5.82 Å². The SMILES string of the molecule is COCc1c(C)nn(C)c1C.Cc1c(Br)c(Br)nn1C.Cc1c(C#N)ncn1C.Cc1c(C#N)ncn1C.Cc1c([N+](=O)[O-])ncn1C.Cc1nc(-c2ccccc2)c(C)n1C.Cc1ncn(C)c1-c1ccccc1.Cc1nn(C)c(C)c1CO. The van der Waals surface area contributed by atoms with Crippen LogP contribution in [-0.2, 0) is 74.3 Å². The molecule has 452 valence electrons.